The number of carboxylic acids is 1. The van der Waals surface area contributed by atoms with Crippen molar-refractivity contribution in [3.05, 3.63) is 44.5 Å². The summed E-state index contributed by atoms with van der Waals surface area (Å²) in [7, 11) is 0. The maximum absolute atomic E-state index is 13.0. The zero-order chi connectivity index (χ0) is 19.2. The van der Waals surface area contributed by atoms with Gasteiger partial charge >= 0.3 is 23.3 Å². The van der Waals surface area contributed by atoms with E-state index in [2.05, 4.69) is 9.97 Å². The van der Waals surface area contributed by atoms with Gasteiger partial charge in [-0.05, 0) is 18.2 Å². The number of carbonyl (C=O) groups excluding carboxylic acids is 1. The van der Waals surface area contributed by atoms with Crippen LogP contribution in [0.2, 0.25) is 0 Å². The van der Waals surface area contributed by atoms with Gasteiger partial charge in [-0.2, -0.15) is 13.2 Å². The van der Waals surface area contributed by atoms with Crippen molar-refractivity contribution in [1.82, 2.24) is 14.9 Å². The molecular formula is C15H12F3N3O5. The first-order valence-electron chi connectivity index (χ1n) is 7.43. The lowest BCUT2D eigenvalue weighted by molar-refractivity contribution is -0.187. The number of aliphatic carboxylic acids is 1. The Labute approximate surface area is 142 Å². The van der Waals surface area contributed by atoms with E-state index < -0.39 is 54.1 Å². The highest BCUT2D eigenvalue weighted by atomic mass is 19.4. The molecule has 2 atom stereocenters. The Kier molecular flexibility index (Phi) is 4.09. The lowest BCUT2D eigenvalue weighted by atomic mass is 9.96. The largest absolute Gasteiger partial charge is 0.481 e. The molecule has 2 aromatic rings. The number of nitrogens with zero attached hydrogens (tertiary/aromatic N) is 1. The smallest absolute Gasteiger partial charge is 0.394 e. The highest BCUT2D eigenvalue weighted by Gasteiger charge is 2.53. The third kappa shape index (κ3) is 3.07. The van der Waals surface area contributed by atoms with E-state index in [1.165, 1.54) is 18.2 Å². The number of nitrogens with one attached hydrogen (secondary N) is 2. The molecule has 0 saturated carbocycles. The van der Waals surface area contributed by atoms with Crippen LogP contribution in [0.15, 0.2) is 27.8 Å². The van der Waals surface area contributed by atoms with Crippen LogP contribution in [0, 0.1) is 11.8 Å². The first-order chi connectivity index (χ1) is 12.1. The van der Waals surface area contributed by atoms with Crippen LogP contribution in [0.3, 0.4) is 0 Å². The summed E-state index contributed by atoms with van der Waals surface area (Å²) < 4.78 is 39.1. The van der Waals surface area contributed by atoms with Crippen molar-refractivity contribution < 1.29 is 27.9 Å². The van der Waals surface area contributed by atoms with Crippen LogP contribution >= 0.6 is 0 Å². The summed E-state index contributed by atoms with van der Waals surface area (Å²) in [4.78, 5) is 51.6. The highest BCUT2D eigenvalue weighted by Crippen LogP contribution is 2.38. The summed E-state index contributed by atoms with van der Waals surface area (Å²) in [5, 5.41) is 9.00. The number of hydrogen-bond acceptors (Lipinski definition) is 4. The Morgan fingerprint density at radius 3 is 2.23 bits per heavy atom. The average molecular weight is 371 g/mol. The van der Waals surface area contributed by atoms with Crippen LogP contribution in [-0.4, -0.2) is 51.1 Å². The molecule has 0 aliphatic carbocycles. The number of amides is 1. The lowest BCUT2D eigenvalue weighted by Gasteiger charge is -2.18. The van der Waals surface area contributed by atoms with Crippen LogP contribution in [0.25, 0.3) is 11.0 Å². The molecule has 3 rings (SSSR count). The lowest BCUT2D eigenvalue weighted by Crippen LogP contribution is -2.34. The van der Waals surface area contributed by atoms with Gasteiger partial charge in [-0.3, -0.25) is 19.2 Å². The predicted molar refractivity (Wildman–Crippen MR) is 81.8 cm³/mol. The van der Waals surface area contributed by atoms with Gasteiger partial charge < -0.3 is 20.0 Å². The van der Waals surface area contributed by atoms with Crippen molar-refractivity contribution in [2.45, 2.75) is 6.18 Å². The van der Waals surface area contributed by atoms with Crippen LogP contribution in [-0.2, 0) is 4.79 Å². The molecule has 1 aromatic carbocycles. The molecule has 3 N–H and O–H groups in total. The van der Waals surface area contributed by atoms with E-state index >= 15 is 0 Å². The number of benzene rings is 1. The number of aromatic amines is 2. The van der Waals surface area contributed by atoms with Gasteiger partial charge in [-0.1, -0.05) is 0 Å². The second-order valence-corrected chi connectivity index (χ2v) is 5.97. The number of aromatic nitrogens is 2. The normalized spacial score (nSPS) is 20.5. The number of carbonyl (C=O) groups is 2. The minimum absolute atomic E-state index is 0.0350. The van der Waals surface area contributed by atoms with Gasteiger partial charge in [0.05, 0.1) is 22.9 Å². The summed E-state index contributed by atoms with van der Waals surface area (Å²) in [6.45, 7) is -1.34. The fourth-order valence-corrected chi connectivity index (χ4v) is 2.98. The summed E-state index contributed by atoms with van der Waals surface area (Å²) in [5.74, 6) is -6.31. The molecule has 0 unspecified atom stereocenters. The van der Waals surface area contributed by atoms with Crippen molar-refractivity contribution in [2.24, 2.45) is 11.8 Å². The third-order valence-corrected chi connectivity index (χ3v) is 4.31. The quantitative estimate of drug-likeness (QED) is 0.666. The molecule has 1 amide bonds. The number of hydrogen-bond donors (Lipinski definition) is 3. The molecule has 138 valence electrons. The van der Waals surface area contributed by atoms with E-state index in [9.17, 15) is 32.3 Å². The van der Waals surface area contributed by atoms with Gasteiger partial charge in [0, 0.05) is 18.7 Å². The van der Waals surface area contributed by atoms with E-state index in [1.54, 1.807) is 0 Å². The van der Waals surface area contributed by atoms with Gasteiger partial charge in [0.25, 0.3) is 5.91 Å². The number of alkyl halides is 3. The van der Waals surface area contributed by atoms with Gasteiger partial charge in [0.15, 0.2) is 0 Å². The molecule has 26 heavy (non-hydrogen) atoms. The molecule has 2 heterocycles. The van der Waals surface area contributed by atoms with Crippen LogP contribution in [0.4, 0.5) is 13.2 Å². The van der Waals surface area contributed by atoms with E-state index in [-0.39, 0.29) is 16.6 Å². The van der Waals surface area contributed by atoms with E-state index in [1.807, 2.05) is 0 Å². The Bertz CT molecular complexity index is 1010. The standard InChI is InChI=1S/C15H12F3N3O5/c16-15(17,18)8-5-21(4-7(8)14(25)26)13(24)6-1-2-9-10(3-6)20-12(23)11(22)19-9/h1-3,7-8H,4-5H2,(H,19,22)(H,20,23)(H,25,26)/t7-,8-/m1/s1. The minimum atomic E-state index is -4.74. The molecule has 8 nitrogen and oxygen atoms in total. The Morgan fingerprint density at radius 2 is 1.69 bits per heavy atom. The Morgan fingerprint density at radius 1 is 1.08 bits per heavy atom. The van der Waals surface area contributed by atoms with Gasteiger partial charge in [0.1, 0.15) is 0 Å². The first-order valence-corrected chi connectivity index (χ1v) is 7.43. The maximum Gasteiger partial charge on any atom is 0.394 e. The van der Waals surface area contributed by atoms with Gasteiger partial charge in [-0.15, -0.1) is 0 Å². The van der Waals surface area contributed by atoms with E-state index in [4.69, 9.17) is 5.11 Å². The van der Waals surface area contributed by atoms with Crippen molar-refractivity contribution in [3.8, 4) is 0 Å². The Hall–Kier alpha value is -3.11. The fourth-order valence-electron chi connectivity index (χ4n) is 2.98. The molecule has 1 aliphatic rings. The molecule has 1 fully saturated rings. The van der Waals surface area contributed by atoms with Crippen LogP contribution in [0.1, 0.15) is 10.4 Å². The maximum atomic E-state index is 13.0. The predicted octanol–water partition coefficient (Wildman–Crippen LogP) is 0.551. The molecule has 1 saturated heterocycles. The first kappa shape index (κ1) is 17.7. The summed E-state index contributed by atoms with van der Waals surface area (Å²) in [5.41, 5.74) is -1.49. The number of H-pyrrole nitrogens is 2. The summed E-state index contributed by atoms with van der Waals surface area (Å²) >= 11 is 0. The minimum Gasteiger partial charge on any atom is -0.481 e. The van der Waals surface area contributed by atoms with Gasteiger partial charge in [-0.25, -0.2) is 0 Å². The van der Waals surface area contributed by atoms with Crippen molar-refractivity contribution >= 4 is 22.9 Å². The second-order valence-electron chi connectivity index (χ2n) is 5.97. The molecular weight excluding hydrogens is 359 g/mol. The molecule has 1 aliphatic heterocycles. The second kappa shape index (κ2) is 6.00. The van der Waals surface area contributed by atoms with Crippen molar-refractivity contribution in [3.63, 3.8) is 0 Å². The Balaban J connectivity index is 1.93. The zero-order valence-electron chi connectivity index (χ0n) is 13.0. The van der Waals surface area contributed by atoms with Gasteiger partial charge in [0.2, 0.25) is 0 Å². The number of fused-ring (bicyclic) bond motifs is 1. The fraction of sp³-hybridized carbons (Fsp3) is 0.333. The average Bonchev–Trinajstić information content (AvgIpc) is 3.01. The molecule has 0 spiro atoms. The number of halogens is 3. The number of carboxylic acid groups (broad SMARTS) is 1. The van der Waals surface area contributed by atoms with Crippen LogP contribution in [0.5, 0.6) is 0 Å². The molecule has 1 aromatic heterocycles. The monoisotopic (exact) mass is 371 g/mol. The number of rotatable bonds is 2. The topological polar surface area (TPSA) is 123 Å². The zero-order valence-corrected chi connectivity index (χ0v) is 13.0. The molecule has 11 heteroatoms. The van der Waals surface area contributed by atoms with Crippen LogP contribution < -0.4 is 11.1 Å². The number of likely N-dealkylation sites (tertiary alicyclic amines) is 1. The molecule has 0 radical (unpaired) electrons. The summed E-state index contributed by atoms with van der Waals surface area (Å²) in [6.07, 6.45) is -4.74. The van der Waals surface area contributed by atoms with Crippen molar-refractivity contribution in [2.75, 3.05) is 13.1 Å². The summed E-state index contributed by atoms with van der Waals surface area (Å²) in [6, 6.07) is 3.81. The highest BCUT2D eigenvalue weighted by molar-refractivity contribution is 5.97. The van der Waals surface area contributed by atoms with Crippen molar-refractivity contribution in [1.29, 1.82) is 0 Å². The third-order valence-electron chi connectivity index (χ3n) is 4.31. The molecule has 0 bridgehead atoms. The van der Waals surface area contributed by atoms with E-state index in [0.29, 0.717) is 0 Å². The van der Waals surface area contributed by atoms with E-state index in [0.717, 1.165) is 4.90 Å². The SMILES string of the molecule is O=C(O)[C@@H]1CN(C(=O)c2ccc3[nH]c(=O)c(=O)[nH]c3c2)C[C@H]1C(F)(F)F.